The first-order valence-electron chi connectivity index (χ1n) is 4.00. The van der Waals surface area contributed by atoms with Gasteiger partial charge in [-0.25, -0.2) is 0 Å². The molecule has 0 spiro atoms. The predicted molar refractivity (Wildman–Crippen MR) is 42.8 cm³/mol. The third-order valence-electron chi connectivity index (χ3n) is 1.80. The van der Waals surface area contributed by atoms with Crippen molar-refractivity contribution in [3.05, 3.63) is 0 Å². The van der Waals surface area contributed by atoms with E-state index in [0.29, 0.717) is 13.0 Å². The number of rotatable bonds is 4. The summed E-state index contributed by atoms with van der Waals surface area (Å²) in [6.45, 7) is 2.38. The minimum absolute atomic E-state index is 0.0819. The monoisotopic (exact) mass is 157 g/mol. The van der Waals surface area contributed by atoms with E-state index in [4.69, 9.17) is 11.5 Å². The molecule has 4 heteroatoms. The summed E-state index contributed by atoms with van der Waals surface area (Å²) in [7, 11) is 0. The molecular formula is C7H15N3O. The Morgan fingerprint density at radius 3 is 2.64 bits per heavy atom. The molecule has 1 aliphatic rings. The number of hydrogen-bond donors (Lipinski definition) is 2. The Morgan fingerprint density at radius 1 is 1.55 bits per heavy atom. The highest BCUT2D eigenvalue weighted by Crippen LogP contribution is 2.07. The zero-order valence-corrected chi connectivity index (χ0v) is 6.62. The Balaban J connectivity index is 2.16. The molecule has 4 N–H and O–H groups in total. The lowest BCUT2D eigenvalue weighted by Crippen LogP contribution is -2.35. The fraction of sp³-hybridized carbons (Fsp3) is 0.857. The van der Waals surface area contributed by atoms with E-state index in [1.165, 1.54) is 0 Å². The van der Waals surface area contributed by atoms with Crippen molar-refractivity contribution in [1.82, 2.24) is 4.90 Å². The lowest BCUT2D eigenvalue weighted by Gasteiger charge is -2.09. The van der Waals surface area contributed by atoms with Gasteiger partial charge in [0, 0.05) is 13.1 Å². The van der Waals surface area contributed by atoms with E-state index < -0.39 is 0 Å². The van der Waals surface area contributed by atoms with E-state index in [1.807, 2.05) is 0 Å². The van der Waals surface area contributed by atoms with Crippen molar-refractivity contribution in [1.29, 1.82) is 0 Å². The van der Waals surface area contributed by atoms with Gasteiger partial charge in [-0.15, -0.1) is 0 Å². The van der Waals surface area contributed by atoms with Crippen LogP contribution in [-0.4, -0.2) is 36.5 Å². The molecule has 0 aromatic heterocycles. The lowest BCUT2D eigenvalue weighted by molar-refractivity contribution is -0.127. The summed E-state index contributed by atoms with van der Waals surface area (Å²) in [5.41, 5.74) is 10.9. The Kier molecular flexibility index (Phi) is 2.84. The van der Waals surface area contributed by atoms with E-state index >= 15 is 0 Å². The molecule has 1 rings (SSSR count). The highest BCUT2D eigenvalue weighted by Gasteiger charge is 2.27. The molecule has 1 fully saturated rings. The molecule has 4 nitrogen and oxygen atoms in total. The molecular weight excluding hydrogens is 142 g/mol. The highest BCUT2D eigenvalue weighted by molar-refractivity contribution is 5.83. The van der Waals surface area contributed by atoms with Gasteiger partial charge in [0.25, 0.3) is 0 Å². The molecule has 1 aliphatic heterocycles. The SMILES string of the molecule is NCCCC(N)C(=O)N1CC1. The van der Waals surface area contributed by atoms with Crippen LogP contribution >= 0.6 is 0 Å². The number of hydrogen-bond acceptors (Lipinski definition) is 3. The lowest BCUT2D eigenvalue weighted by atomic mass is 10.1. The van der Waals surface area contributed by atoms with Gasteiger partial charge in [-0.1, -0.05) is 0 Å². The zero-order chi connectivity index (χ0) is 8.27. The highest BCUT2D eigenvalue weighted by atomic mass is 16.2. The van der Waals surface area contributed by atoms with Gasteiger partial charge in [0.1, 0.15) is 0 Å². The third kappa shape index (κ3) is 2.48. The maximum atomic E-state index is 11.2. The van der Waals surface area contributed by atoms with Crippen LogP contribution in [0.25, 0.3) is 0 Å². The van der Waals surface area contributed by atoms with E-state index in [-0.39, 0.29) is 11.9 Å². The van der Waals surface area contributed by atoms with Crippen molar-refractivity contribution < 1.29 is 4.79 Å². The Bertz CT molecular complexity index is 145. The first-order chi connectivity index (χ1) is 5.25. The molecule has 0 saturated carbocycles. The van der Waals surface area contributed by atoms with Gasteiger partial charge in [-0.2, -0.15) is 0 Å². The smallest absolute Gasteiger partial charge is 0.239 e. The summed E-state index contributed by atoms with van der Waals surface area (Å²) >= 11 is 0. The second-order valence-electron chi connectivity index (χ2n) is 2.86. The van der Waals surface area contributed by atoms with Crippen LogP contribution in [0.15, 0.2) is 0 Å². The fourth-order valence-electron chi connectivity index (χ4n) is 0.966. The number of amides is 1. The fourth-order valence-corrected chi connectivity index (χ4v) is 0.966. The van der Waals surface area contributed by atoms with Gasteiger partial charge >= 0.3 is 0 Å². The normalized spacial score (nSPS) is 18.2. The van der Waals surface area contributed by atoms with Gasteiger partial charge in [0.15, 0.2) is 0 Å². The first-order valence-corrected chi connectivity index (χ1v) is 4.00. The minimum atomic E-state index is -0.318. The number of carbonyl (C=O) groups excluding carboxylic acids is 1. The maximum Gasteiger partial charge on any atom is 0.239 e. The quantitative estimate of drug-likeness (QED) is 0.508. The van der Waals surface area contributed by atoms with Crippen LogP contribution in [0.3, 0.4) is 0 Å². The van der Waals surface area contributed by atoms with Crippen molar-refractivity contribution in [2.45, 2.75) is 18.9 Å². The molecule has 1 unspecified atom stereocenters. The number of nitrogens with zero attached hydrogens (tertiary/aromatic N) is 1. The summed E-state index contributed by atoms with van der Waals surface area (Å²) in [5.74, 6) is 0.0819. The summed E-state index contributed by atoms with van der Waals surface area (Å²) in [6, 6.07) is -0.318. The van der Waals surface area contributed by atoms with Gasteiger partial charge in [-0.3, -0.25) is 4.79 Å². The molecule has 11 heavy (non-hydrogen) atoms. The van der Waals surface area contributed by atoms with Crippen LogP contribution in [-0.2, 0) is 4.79 Å². The predicted octanol–water partition coefficient (Wildman–Crippen LogP) is -1.11. The van der Waals surface area contributed by atoms with Crippen molar-refractivity contribution in [2.75, 3.05) is 19.6 Å². The summed E-state index contributed by atoms with van der Waals surface area (Å²) in [4.78, 5) is 12.9. The third-order valence-corrected chi connectivity index (χ3v) is 1.80. The molecule has 0 aromatic carbocycles. The standard InChI is InChI=1S/C7H15N3O/c8-3-1-2-6(9)7(11)10-4-5-10/h6H,1-5,8-9H2. The second-order valence-corrected chi connectivity index (χ2v) is 2.86. The molecule has 0 bridgehead atoms. The summed E-state index contributed by atoms with van der Waals surface area (Å²) in [6.07, 6.45) is 1.55. The molecule has 1 atom stereocenters. The summed E-state index contributed by atoms with van der Waals surface area (Å²) < 4.78 is 0. The van der Waals surface area contributed by atoms with Gasteiger partial charge in [0.05, 0.1) is 6.04 Å². The summed E-state index contributed by atoms with van der Waals surface area (Å²) in [5, 5.41) is 0. The van der Waals surface area contributed by atoms with Crippen molar-refractivity contribution in [2.24, 2.45) is 11.5 Å². The van der Waals surface area contributed by atoms with Crippen LogP contribution in [0.1, 0.15) is 12.8 Å². The largest absolute Gasteiger partial charge is 0.338 e. The van der Waals surface area contributed by atoms with Crippen molar-refractivity contribution in [3.63, 3.8) is 0 Å². The van der Waals surface area contributed by atoms with Crippen LogP contribution in [0, 0.1) is 0 Å². The Labute approximate surface area is 66.5 Å². The average Bonchev–Trinajstić information content (AvgIpc) is 2.81. The molecule has 0 radical (unpaired) electrons. The van der Waals surface area contributed by atoms with E-state index in [1.54, 1.807) is 4.90 Å². The van der Waals surface area contributed by atoms with Crippen LogP contribution in [0.5, 0.6) is 0 Å². The van der Waals surface area contributed by atoms with Gasteiger partial charge in [0.2, 0.25) is 5.91 Å². The molecule has 1 amide bonds. The van der Waals surface area contributed by atoms with Gasteiger partial charge < -0.3 is 16.4 Å². The Morgan fingerprint density at radius 2 is 2.18 bits per heavy atom. The molecule has 1 heterocycles. The second kappa shape index (κ2) is 3.69. The van der Waals surface area contributed by atoms with Crippen LogP contribution in [0.4, 0.5) is 0 Å². The number of carbonyl (C=O) groups is 1. The Hall–Kier alpha value is -0.610. The van der Waals surface area contributed by atoms with Crippen molar-refractivity contribution >= 4 is 5.91 Å². The molecule has 64 valence electrons. The average molecular weight is 157 g/mol. The minimum Gasteiger partial charge on any atom is -0.338 e. The van der Waals surface area contributed by atoms with E-state index in [2.05, 4.69) is 0 Å². The van der Waals surface area contributed by atoms with Crippen LogP contribution in [0.2, 0.25) is 0 Å². The topological polar surface area (TPSA) is 72.1 Å². The zero-order valence-electron chi connectivity index (χ0n) is 6.62. The molecule has 0 aromatic rings. The number of nitrogens with two attached hydrogens (primary N) is 2. The van der Waals surface area contributed by atoms with Crippen LogP contribution < -0.4 is 11.5 Å². The van der Waals surface area contributed by atoms with Gasteiger partial charge in [-0.05, 0) is 19.4 Å². The molecule has 1 saturated heterocycles. The van der Waals surface area contributed by atoms with E-state index in [9.17, 15) is 4.79 Å². The molecule has 0 aliphatic carbocycles. The van der Waals surface area contributed by atoms with Crippen molar-refractivity contribution in [3.8, 4) is 0 Å². The van der Waals surface area contributed by atoms with E-state index in [0.717, 1.165) is 19.5 Å². The maximum absolute atomic E-state index is 11.2. The first kappa shape index (κ1) is 8.49.